The van der Waals surface area contributed by atoms with Crippen molar-refractivity contribution in [1.82, 2.24) is 14.9 Å². The molecule has 0 fully saturated rings. The molecule has 0 saturated heterocycles. The first-order valence-electron chi connectivity index (χ1n) is 8.75. The third kappa shape index (κ3) is 4.27. The minimum absolute atomic E-state index is 0.0385. The number of aryl methyl sites for hydroxylation is 1. The molecule has 1 unspecified atom stereocenters. The lowest BCUT2D eigenvalue weighted by atomic mass is 10.1. The first-order chi connectivity index (χ1) is 12.6. The predicted octanol–water partition coefficient (Wildman–Crippen LogP) is 2.21. The third-order valence-corrected chi connectivity index (χ3v) is 5.52. The average molecular weight is 373 g/mol. The number of fused-ring (bicyclic) bond motifs is 1. The molecular formula is C19H23N3O3S. The fourth-order valence-corrected chi connectivity index (χ4v) is 4.12. The van der Waals surface area contributed by atoms with Crippen LogP contribution in [0, 0.1) is 0 Å². The molecule has 26 heavy (non-hydrogen) atoms. The van der Waals surface area contributed by atoms with Crippen molar-refractivity contribution in [1.29, 1.82) is 0 Å². The van der Waals surface area contributed by atoms with Crippen LogP contribution in [0.2, 0.25) is 0 Å². The Morgan fingerprint density at radius 3 is 2.85 bits per heavy atom. The van der Waals surface area contributed by atoms with Gasteiger partial charge < -0.3 is 10.1 Å². The van der Waals surface area contributed by atoms with Crippen LogP contribution in [0.1, 0.15) is 30.6 Å². The van der Waals surface area contributed by atoms with E-state index in [9.17, 15) is 9.59 Å². The molecule has 2 aromatic rings. The SMILES string of the molecule is CCc1cc(=O)n2c(n1)SCC2CC(=O)NCCc1ccc(OC)cc1. The van der Waals surface area contributed by atoms with Gasteiger partial charge in [-0.05, 0) is 30.5 Å². The summed E-state index contributed by atoms with van der Waals surface area (Å²) < 4.78 is 6.79. The molecular weight excluding hydrogens is 350 g/mol. The quantitative estimate of drug-likeness (QED) is 0.754. The summed E-state index contributed by atoms with van der Waals surface area (Å²) in [6.07, 6.45) is 1.79. The zero-order valence-electron chi connectivity index (χ0n) is 15.0. The van der Waals surface area contributed by atoms with Gasteiger partial charge in [0.2, 0.25) is 5.91 Å². The summed E-state index contributed by atoms with van der Waals surface area (Å²) in [6.45, 7) is 2.55. The van der Waals surface area contributed by atoms with Crippen molar-refractivity contribution < 1.29 is 9.53 Å². The van der Waals surface area contributed by atoms with Crippen molar-refractivity contribution in [2.75, 3.05) is 19.4 Å². The van der Waals surface area contributed by atoms with Gasteiger partial charge >= 0.3 is 0 Å². The Hall–Kier alpha value is -2.28. The third-order valence-electron chi connectivity index (χ3n) is 4.42. The largest absolute Gasteiger partial charge is 0.497 e. The molecule has 0 bridgehead atoms. The van der Waals surface area contributed by atoms with E-state index in [-0.39, 0.29) is 17.5 Å². The Balaban J connectivity index is 1.53. The van der Waals surface area contributed by atoms with Gasteiger partial charge in [0.1, 0.15) is 5.75 Å². The fourth-order valence-electron chi connectivity index (χ4n) is 2.95. The molecule has 1 aliphatic rings. The number of methoxy groups -OCH3 is 1. The van der Waals surface area contributed by atoms with E-state index in [4.69, 9.17) is 4.74 Å². The summed E-state index contributed by atoms with van der Waals surface area (Å²) in [5.74, 6) is 1.49. The lowest BCUT2D eigenvalue weighted by Gasteiger charge is -2.13. The number of hydrogen-bond donors (Lipinski definition) is 1. The molecule has 0 radical (unpaired) electrons. The van der Waals surface area contributed by atoms with Crippen molar-refractivity contribution >= 4 is 17.7 Å². The van der Waals surface area contributed by atoms with Crippen LogP contribution in [-0.4, -0.2) is 34.9 Å². The molecule has 1 N–H and O–H groups in total. The van der Waals surface area contributed by atoms with Crippen LogP contribution in [0.15, 0.2) is 40.3 Å². The first kappa shape index (κ1) is 18.5. The number of benzene rings is 1. The lowest BCUT2D eigenvalue weighted by Crippen LogP contribution is -2.31. The fraction of sp³-hybridized carbons (Fsp3) is 0.421. The molecule has 0 spiro atoms. The number of rotatable bonds is 7. The normalized spacial score (nSPS) is 15.5. The van der Waals surface area contributed by atoms with E-state index < -0.39 is 0 Å². The number of aromatic nitrogens is 2. The van der Waals surface area contributed by atoms with Gasteiger partial charge in [0.25, 0.3) is 5.56 Å². The van der Waals surface area contributed by atoms with Crippen LogP contribution >= 0.6 is 11.8 Å². The van der Waals surface area contributed by atoms with Gasteiger partial charge in [0, 0.05) is 30.5 Å². The highest BCUT2D eigenvalue weighted by Gasteiger charge is 2.27. The molecule has 0 aliphatic carbocycles. The highest BCUT2D eigenvalue weighted by molar-refractivity contribution is 7.99. The molecule has 6 nitrogen and oxygen atoms in total. The van der Waals surface area contributed by atoms with Crippen LogP contribution in [0.5, 0.6) is 5.75 Å². The molecule has 0 saturated carbocycles. The summed E-state index contributed by atoms with van der Waals surface area (Å²) in [7, 11) is 1.64. The zero-order chi connectivity index (χ0) is 18.5. The van der Waals surface area contributed by atoms with Gasteiger partial charge in [-0.2, -0.15) is 0 Å². The molecule has 1 aliphatic heterocycles. The van der Waals surface area contributed by atoms with Crippen molar-refractivity contribution in [3.8, 4) is 5.75 Å². The number of hydrogen-bond acceptors (Lipinski definition) is 5. The van der Waals surface area contributed by atoms with E-state index in [0.717, 1.165) is 35.0 Å². The molecule has 2 heterocycles. The maximum atomic E-state index is 12.3. The van der Waals surface area contributed by atoms with Gasteiger partial charge in [0.15, 0.2) is 5.16 Å². The minimum atomic E-state index is -0.123. The highest BCUT2D eigenvalue weighted by Crippen LogP contribution is 2.31. The molecule has 3 rings (SSSR count). The number of thioether (sulfide) groups is 1. The number of nitrogens with one attached hydrogen (secondary N) is 1. The Bertz CT molecular complexity index is 833. The Morgan fingerprint density at radius 1 is 1.38 bits per heavy atom. The van der Waals surface area contributed by atoms with Crippen LogP contribution in [0.3, 0.4) is 0 Å². The second-order valence-electron chi connectivity index (χ2n) is 6.21. The molecule has 1 aromatic carbocycles. The molecule has 1 aromatic heterocycles. The average Bonchev–Trinajstić information content (AvgIpc) is 3.05. The van der Waals surface area contributed by atoms with Crippen LogP contribution in [-0.2, 0) is 17.6 Å². The topological polar surface area (TPSA) is 73.2 Å². The molecule has 138 valence electrons. The van der Waals surface area contributed by atoms with Crippen LogP contribution in [0.25, 0.3) is 0 Å². The second kappa shape index (κ2) is 8.40. The number of amides is 1. The van der Waals surface area contributed by atoms with Gasteiger partial charge in [0.05, 0.1) is 13.2 Å². The van der Waals surface area contributed by atoms with E-state index in [1.54, 1.807) is 29.5 Å². The van der Waals surface area contributed by atoms with Crippen molar-refractivity contribution in [3.63, 3.8) is 0 Å². The Kier molecular flexibility index (Phi) is 5.98. The van der Waals surface area contributed by atoms with E-state index >= 15 is 0 Å². The van der Waals surface area contributed by atoms with E-state index in [0.29, 0.717) is 18.7 Å². The first-order valence-corrected chi connectivity index (χ1v) is 9.74. The predicted molar refractivity (Wildman–Crippen MR) is 102 cm³/mol. The van der Waals surface area contributed by atoms with Gasteiger partial charge in [-0.1, -0.05) is 30.8 Å². The monoisotopic (exact) mass is 373 g/mol. The molecule has 7 heteroatoms. The van der Waals surface area contributed by atoms with Crippen LogP contribution in [0.4, 0.5) is 0 Å². The Labute approximate surface area is 157 Å². The zero-order valence-corrected chi connectivity index (χ0v) is 15.8. The van der Waals surface area contributed by atoms with Crippen molar-refractivity contribution in [2.45, 2.75) is 37.4 Å². The number of carbonyl (C=O) groups excluding carboxylic acids is 1. The van der Waals surface area contributed by atoms with Crippen molar-refractivity contribution in [2.24, 2.45) is 0 Å². The molecule has 1 amide bonds. The minimum Gasteiger partial charge on any atom is -0.497 e. The number of nitrogens with zero attached hydrogens (tertiary/aromatic N) is 2. The van der Waals surface area contributed by atoms with E-state index in [1.807, 2.05) is 31.2 Å². The Morgan fingerprint density at radius 2 is 2.15 bits per heavy atom. The summed E-state index contributed by atoms with van der Waals surface area (Å²) in [6, 6.07) is 9.25. The second-order valence-corrected chi connectivity index (χ2v) is 7.20. The van der Waals surface area contributed by atoms with Gasteiger partial charge in [-0.15, -0.1) is 0 Å². The summed E-state index contributed by atoms with van der Waals surface area (Å²) in [5, 5.41) is 3.67. The summed E-state index contributed by atoms with van der Waals surface area (Å²) in [5.41, 5.74) is 1.88. The maximum absolute atomic E-state index is 12.3. The van der Waals surface area contributed by atoms with Gasteiger partial charge in [-0.3, -0.25) is 14.2 Å². The van der Waals surface area contributed by atoms with Crippen LogP contribution < -0.4 is 15.6 Å². The molecule has 1 atom stereocenters. The standard InChI is InChI=1S/C19H23N3O3S/c1-3-14-10-18(24)22-15(12-26-19(22)21-14)11-17(23)20-9-8-13-4-6-16(25-2)7-5-13/h4-7,10,15H,3,8-9,11-12H2,1-2H3,(H,20,23). The number of ether oxygens (including phenoxy) is 1. The van der Waals surface area contributed by atoms with Crippen molar-refractivity contribution in [3.05, 3.63) is 51.9 Å². The smallest absolute Gasteiger partial charge is 0.254 e. The number of carbonyl (C=O) groups is 1. The maximum Gasteiger partial charge on any atom is 0.254 e. The van der Waals surface area contributed by atoms with E-state index in [2.05, 4.69) is 10.3 Å². The highest BCUT2D eigenvalue weighted by atomic mass is 32.2. The van der Waals surface area contributed by atoms with E-state index in [1.165, 1.54) is 0 Å². The summed E-state index contributed by atoms with van der Waals surface area (Å²) >= 11 is 1.55. The van der Waals surface area contributed by atoms with Gasteiger partial charge in [-0.25, -0.2) is 4.98 Å². The lowest BCUT2D eigenvalue weighted by molar-refractivity contribution is -0.121. The summed E-state index contributed by atoms with van der Waals surface area (Å²) in [4.78, 5) is 29.0.